The lowest BCUT2D eigenvalue weighted by Gasteiger charge is -2.19. The van der Waals surface area contributed by atoms with Gasteiger partial charge in [-0.3, -0.25) is 4.79 Å². The quantitative estimate of drug-likeness (QED) is 0.679. The summed E-state index contributed by atoms with van der Waals surface area (Å²) in [5.41, 5.74) is 3.24. The topological polar surface area (TPSA) is 49.3 Å². The van der Waals surface area contributed by atoms with E-state index in [0.717, 1.165) is 31.2 Å². The van der Waals surface area contributed by atoms with E-state index in [9.17, 15) is 9.90 Å². The standard InChI is InChI=1S/C16H13BrINO2/c17-14-4-3-11(18)8-13(14)15(20)10-2-1-9-5-6-19-16(21)12(9)7-10/h1-4,7-8,15,20H,5-6H2,(H,19,21). The molecule has 0 saturated carbocycles. The number of fused-ring (bicyclic) bond motifs is 1. The third-order valence-electron chi connectivity index (χ3n) is 3.63. The van der Waals surface area contributed by atoms with Crippen LogP contribution in [-0.4, -0.2) is 17.6 Å². The maximum atomic E-state index is 11.9. The van der Waals surface area contributed by atoms with Gasteiger partial charge >= 0.3 is 0 Å². The number of benzene rings is 2. The first-order valence-corrected chi connectivity index (χ1v) is 8.47. The molecule has 1 aliphatic heterocycles. The second kappa shape index (κ2) is 6.06. The Balaban J connectivity index is 2.02. The van der Waals surface area contributed by atoms with Gasteiger partial charge in [0.15, 0.2) is 0 Å². The van der Waals surface area contributed by atoms with E-state index < -0.39 is 6.10 Å². The third-order valence-corrected chi connectivity index (χ3v) is 5.02. The third kappa shape index (κ3) is 3.00. The van der Waals surface area contributed by atoms with Gasteiger partial charge in [0.25, 0.3) is 5.91 Å². The highest BCUT2D eigenvalue weighted by molar-refractivity contribution is 14.1. The van der Waals surface area contributed by atoms with E-state index in [0.29, 0.717) is 12.1 Å². The summed E-state index contributed by atoms with van der Waals surface area (Å²) in [6, 6.07) is 11.5. The first-order valence-electron chi connectivity index (χ1n) is 6.60. The zero-order valence-electron chi connectivity index (χ0n) is 11.1. The van der Waals surface area contributed by atoms with E-state index in [4.69, 9.17) is 0 Å². The summed E-state index contributed by atoms with van der Waals surface area (Å²) in [4.78, 5) is 11.9. The van der Waals surface area contributed by atoms with Gasteiger partial charge in [0.2, 0.25) is 0 Å². The van der Waals surface area contributed by atoms with Gasteiger partial charge in [-0.05, 0) is 64.4 Å². The number of hydrogen-bond acceptors (Lipinski definition) is 2. The first-order chi connectivity index (χ1) is 10.1. The zero-order valence-corrected chi connectivity index (χ0v) is 14.8. The summed E-state index contributed by atoms with van der Waals surface area (Å²) in [6.07, 6.45) is 0.0822. The molecule has 5 heteroatoms. The van der Waals surface area contributed by atoms with Crippen molar-refractivity contribution in [1.29, 1.82) is 0 Å². The lowest BCUT2D eigenvalue weighted by atomic mass is 9.94. The molecule has 0 bridgehead atoms. The molecule has 1 heterocycles. The average Bonchev–Trinajstić information content (AvgIpc) is 2.49. The van der Waals surface area contributed by atoms with Gasteiger partial charge in [0, 0.05) is 25.7 Å². The van der Waals surface area contributed by atoms with E-state index >= 15 is 0 Å². The van der Waals surface area contributed by atoms with Crippen LogP contribution in [0.2, 0.25) is 0 Å². The molecule has 0 fully saturated rings. The minimum atomic E-state index is -0.755. The van der Waals surface area contributed by atoms with Crippen molar-refractivity contribution in [2.24, 2.45) is 0 Å². The molecule has 0 spiro atoms. The van der Waals surface area contributed by atoms with Crippen molar-refractivity contribution in [2.45, 2.75) is 12.5 Å². The van der Waals surface area contributed by atoms with Crippen LogP contribution in [0.1, 0.15) is 33.2 Å². The van der Waals surface area contributed by atoms with E-state index in [2.05, 4.69) is 43.8 Å². The van der Waals surface area contributed by atoms with E-state index in [1.54, 1.807) is 6.07 Å². The fourth-order valence-electron chi connectivity index (χ4n) is 2.50. The highest BCUT2D eigenvalue weighted by Gasteiger charge is 2.20. The van der Waals surface area contributed by atoms with Crippen LogP contribution in [0.5, 0.6) is 0 Å². The molecule has 1 unspecified atom stereocenters. The van der Waals surface area contributed by atoms with Crippen LogP contribution in [-0.2, 0) is 6.42 Å². The molecule has 2 aromatic rings. The predicted octanol–water partition coefficient (Wildman–Crippen LogP) is 3.42. The minimum absolute atomic E-state index is 0.0630. The fourth-order valence-corrected chi connectivity index (χ4v) is 3.48. The van der Waals surface area contributed by atoms with Crippen LogP contribution in [0.25, 0.3) is 0 Å². The van der Waals surface area contributed by atoms with Crippen molar-refractivity contribution in [3.8, 4) is 0 Å². The van der Waals surface area contributed by atoms with Crippen molar-refractivity contribution in [3.63, 3.8) is 0 Å². The summed E-state index contributed by atoms with van der Waals surface area (Å²) < 4.78 is 1.91. The molecule has 1 aliphatic rings. The molecule has 2 N–H and O–H groups in total. The molecule has 21 heavy (non-hydrogen) atoms. The smallest absolute Gasteiger partial charge is 0.251 e. The van der Waals surface area contributed by atoms with E-state index in [1.807, 2.05) is 30.3 Å². The fraction of sp³-hybridized carbons (Fsp3) is 0.188. The molecule has 1 atom stereocenters. The highest BCUT2D eigenvalue weighted by atomic mass is 127. The number of rotatable bonds is 2. The summed E-state index contributed by atoms with van der Waals surface area (Å²) in [5, 5.41) is 13.5. The molecule has 1 amide bonds. The van der Waals surface area contributed by atoms with Crippen molar-refractivity contribution < 1.29 is 9.90 Å². The Morgan fingerprint density at radius 1 is 1.24 bits per heavy atom. The van der Waals surface area contributed by atoms with Gasteiger partial charge < -0.3 is 10.4 Å². The van der Waals surface area contributed by atoms with Crippen molar-refractivity contribution >= 4 is 44.4 Å². The van der Waals surface area contributed by atoms with E-state index in [-0.39, 0.29) is 5.91 Å². The number of halogens is 2. The number of aliphatic hydroxyl groups is 1. The number of amides is 1. The van der Waals surface area contributed by atoms with Crippen molar-refractivity contribution in [1.82, 2.24) is 5.32 Å². The van der Waals surface area contributed by atoms with Crippen LogP contribution in [0.3, 0.4) is 0 Å². The maximum absolute atomic E-state index is 11.9. The molecule has 0 aromatic heterocycles. The molecule has 108 valence electrons. The lowest BCUT2D eigenvalue weighted by molar-refractivity contribution is 0.0945. The van der Waals surface area contributed by atoms with E-state index in [1.165, 1.54) is 0 Å². The molecule has 0 radical (unpaired) electrons. The molecule has 2 aromatic carbocycles. The number of hydrogen-bond donors (Lipinski definition) is 2. The molecular formula is C16H13BrINO2. The Kier molecular flexibility index (Phi) is 4.33. The maximum Gasteiger partial charge on any atom is 0.251 e. The van der Waals surface area contributed by atoms with Gasteiger partial charge in [0.1, 0.15) is 6.10 Å². The zero-order chi connectivity index (χ0) is 15.0. The molecule has 3 nitrogen and oxygen atoms in total. The van der Waals surface area contributed by atoms with Crippen LogP contribution >= 0.6 is 38.5 Å². The summed E-state index contributed by atoms with van der Waals surface area (Å²) in [7, 11) is 0. The van der Waals surface area contributed by atoms with Crippen molar-refractivity contribution in [3.05, 3.63) is 66.7 Å². The van der Waals surface area contributed by atoms with Gasteiger partial charge in [-0.1, -0.05) is 28.1 Å². The second-order valence-electron chi connectivity index (χ2n) is 4.99. The Morgan fingerprint density at radius 2 is 2.05 bits per heavy atom. The molecule has 0 saturated heterocycles. The van der Waals surface area contributed by atoms with Gasteiger partial charge in [-0.15, -0.1) is 0 Å². The highest BCUT2D eigenvalue weighted by Crippen LogP contribution is 2.31. The summed E-state index contributed by atoms with van der Waals surface area (Å²) in [5.74, 6) is -0.0630. The molecule has 3 rings (SSSR count). The second-order valence-corrected chi connectivity index (χ2v) is 7.09. The van der Waals surface area contributed by atoms with Crippen molar-refractivity contribution in [2.75, 3.05) is 6.54 Å². The monoisotopic (exact) mass is 457 g/mol. The largest absolute Gasteiger partial charge is 0.384 e. The van der Waals surface area contributed by atoms with Gasteiger partial charge in [0.05, 0.1) is 0 Å². The normalized spacial score (nSPS) is 15.3. The SMILES string of the molecule is O=C1NCCc2ccc(C(O)c3cc(I)ccc3Br)cc21. The van der Waals surface area contributed by atoms with Crippen LogP contribution < -0.4 is 5.32 Å². The molecule has 0 aliphatic carbocycles. The Morgan fingerprint density at radius 3 is 2.86 bits per heavy atom. The molecular weight excluding hydrogens is 445 g/mol. The minimum Gasteiger partial charge on any atom is -0.384 e. The number of aliphatic hydroxyl groups excluding tert-OH is 1. The lowest BCUT2D eigenvalue weighted by Crippen LogP contribution is -2.31. The average molecular weight is 458 g/mol. The number of carbonyl (C=O) groups is 1. The van der Waals surface area contributed by atoms with Crippen LogP contribution in [0, 0.1) is 3.57 Å². The number of carbonyl (C=O) groups excluding carboxylic acids is 1. The van der Waals surface area contributed by atoms with Gasteiger partial charge in [-0.25, -0.2) is 0 Å². The Hall–Kier alpha value is -0.920. The van der Waals surface area contributed by atoms with Crippen LogP contribution in [0.15, 0.2) is 40.9 Å². The summed E-state index contributed by atoms with van der Waals surface area (Å²) >= 11 is 5.69. The Labute approximate surface area is 145 Å². The predicted molar refractivity (Wildman–Crippen MR) is 93.4 cm³/mol. The van der Waals surface area contributed by atoms with Crippen LogP contribution in [0.4, 0.5) is 0 Å². The summed E-state index contributed by atoms with van der Waals surface area (Å²) in [6.45, 7) is 0.677. The first kappa shape index (κ1) is 15.0. The Bertz CT molecular complexity index is 717. The number of nitrogens with one attached hydrogen (secondary N) is 1. The van der Waals surface area contributed by atoms with Gasteiger partial charge in [-0.2, -0.15) is 0 Å².